The van der Waals surface area contributed by atoms with E-state index in [1.165, 1.54) is 0 Å². The Morgan fingerprint density at radius 2 is 2.00 bits per heavy atom. The van der Waals surface area contributed by atoms with Crippen LogP contribution in [0.1, 0.15) is 25.7 Å². The molecule has 2 heteroatoms. The molecule has 0 bridgehead atoms. The van der Waals surface area contributed by atoms with Gasteiger partial charge < -0.3 is 5.11 Å². The van der Waals surface area contributed by atoms with Crippen molar-refractivity contribution in [3.8, 4) is 0 Å². The van der Waals surface area contributed by atoms with Crippen LogP contribution in [0.2, 0.25) is 0 Å². The summed E-state index contributed by atoms with van der Waals surface area (Å²) in [7, 11) is 0. The lowest BCUT2D eigenvalue weighted by atomic mass is 10.2. The van der Waals surface area contributed by atoms with E-state index in [2.05, 4.69) is 0 Å². The second-order valence-corrected chi connectivity index (χ2v) is 2.30. The fraction of sp³-hybridized carbons (Fsp3) is 0.714. The molecular weight excluding hydrogens is 136 g/mol. The maximum absolute atomic E-state index is 8.22. The summed E-state index contributed by atoms with van der Waals surface area (Å²) in [5.74, 6) is 0.753. The predicted molar refractivity (Wildman–Crippen MR) is 41.0 cm³/mol. The zero-order chi connectivity index (χ0) is 6.95. The van der Waals surface area contributed by atoms with E-state index in [9.17, 15) is 0 Å². The summed E-state index contributed by atoms with van der Waals surface area (Å²) in [6.45, 7) is 0. The van der Waals surface area contributed by atoms with Crippen molar-refractivity contribution in [1.29, 1.82) is 0 Å². The first-order chi connectivity index (χ1) is 4.41. The number of rotatable bonds is 5. The minimum absolute atomic E-state index is 0.753. The monoisotopic (exact) mass is 148 g/mol. The highest BCUT2D eigenvalue weighted by Crippen LogP contribution is 2.00. The summed E-state index contributed by atoms with van der Waals surface area (Å²) >= 11 is 5.45. The minimum Gasteiger partial charge on any atom is -0.516 e. The average molecular weight is 149 g/mol. The number of aliphatic hydroxyl groups excluding tert-OH is 1. The Morgan fingerprint density at radius 1 is 1.22 bits per heavy atom. The molecule has 0 aromatic heterocycles. The van der Waals surface area contributed by atoms with Gasteiger partial charge in [-0.15, -0.1) is 11.6 Å². The van der Waals surface area contributed by atoms with E-state index in [4.69, 9.17) is 16.7 Å². The Labute approximate surface area is 61.3 Å². The van der Waals surface area contributed by atoms with Crippen LogP contribution in [0, 0.1) is 0 Å². The third-order valence-corrected chi connectivity index (χ3v) is 1.38. The molecule has 0 aromatic rings. The van der Waals surface area contributed by atoms with Crippen LogP contribution >= 0.6 is 11.6 Å². The van der Waals surface area contributed by atoms with Crippen LogP contribution < -0.4 is 0 Å². The second kappa shape index (κ2) is 7.83. The first-order valence-electron chi connectivity index (χ1n) is 3.27. The summed E-state index contributed by atoms with van der Waals surface area (Å²) in [4.78, 5) is 0. The van der Waals surface area contributed by atoms with E-state index >= 15 is 0 Å². The molecule has 0 atom stereocenters. The molecule has 0 aliphatic rings. The molecule has 0 aliphatic carbocycles. The maximum atomic E-state index is 8.22. The summed E-state index contributed by atoms with van der Waals surface area (Å²) < 4.78 is 0. The van der Waals surface area contributed by atoms with E-state index in [-0.39, 0.29) is 0 Å². The van der Waals surface area contributed by atoms with E-state index in [0.29, 0.717) is 0 Å². The Balaban J connectivity index is 2.75. The van der Waals surface area contributed by atoms with Crippen molar-refractivity contribution in [3.63, 3.8) is 0 Å². The molecule has 1 N–H and O–H groups in total. The lowest BCUT2D eigenvalue weighted by molar-refractivity contribution is 0.470. The SMILES string of the molecule is OC=CCCCCCCl. The van der Waals surface area contributed by atoms with Gasteiger partial charge in [0.25, 0.3) is 0 Å². The number of hydrogen-bond acceptors (Lipinski definition) is 1. The fourth-order valence-corrected chi connectivity index (χ4v) is 0.797. The number of unbranched alkanes of at least 4 members (excludes halogenated alkanes) is 3. The van der Waals surface area contributed by atoms with Gasteiger partial charge in [-0.2, -0.15) is 0 Å². The minimum atomic E-state index is 0.753. The molecule has 0 saturated heterocycles. The molecule has 1 nitrogen and oxygen atoms in total. The zero-order valence-corrected chi connectivity index (χ0v) is 6.27. The van der Waals surface area contributed by atoms with Crippen LogP contribution in [-0.4, -0.2) is 11.0 Å². The number of halogens is 1. The van der Waals surface area contributed by atoms with Gasteiger partial charge in [-0.05, 0) is 19.3 Å². The van der Waals surface area contributed by atoms with Gasteiger partial charge in [0.05, 0.1) is 6.26 Å². The van der Waals surface area contributed by atoms with E-state index in [1.807, 2.05) is 0 Å². The Morgan fingerprint density at radius 3 is 2.56 bits per heavy atom. The highest BCUT2D eigenvalue weighted by Gasteiger charge is 1.83. The van der Waals surface area contributed by atoms with E-state index < -0.39 is 0 Å². The van der Waals surface area contributed by atoms with Crippen molar-refractivity contribution in [3.05, 3.63) is 12.3 Å². The number of hydrogen-bond donors (Lipinski definition) is 1. The van der Waals surface area contributed by atoms with Crippen LogP contribution in [0.4, 0.5) is 0 Å². The van der Waals surface area contributed by atoms with Gasteiger partial charge in [-0.25, -0.2) is 0 Å². The van der Waals surface area contributed by atoms with Crippen LogP contribution in [0.15, 0.2) is 12.3 Å². The molecule has 0 fully saturated rings. The summed E-state index contributed by atoms with van der Waals surface area (Å²) in [5.41, 5.74) is 0. The van der Waals surface area contributed by atoms with Gasteiger partial charge in [0.2, 0.25) is 0 Å². The van der Waals surface area contributed by atoms with Crippen molar-refractivity contribution in [2.45, 2.75) is 25.7 Å². The summed E-state index contributed by atoms with van der Waals surface area (Å²) in [6, 6.07) is 0. The molecule has 0 saturated carbocycles. The van der Waals surface area contributed by atoms with Gasteiger partial charge in [-0.3, -0.25) is 0 Å². The summed E-state index contributed by atoms with van der Waals surface area (Å²) in [6.07, 6.45) is 7.20. The third-order valence-electron chi connectivity index (χ3n) is 1.11. The van der Waals surface area contributed by atoms with Crippen LogP contribution in [-0.2, 0) is 0 Å². The Bertz CT molecular complexity index is 71.3. The number of aliphatic hydroxyl groups is 1. The van der Waals surface area contributed by atoms with Crippen molar-refractivity contribution >= 4 is 11.6 Å². The van der Waals surface area contributed by atoms with E-state index in [0.717, 1.165) is 37.8 Å². The molecule has 0 unspecified atom stereocenters. The van der Waals surface area contributed by atoms with Crippen molar-refractivity contribution in [1.82, 2.24) is 0 Å². The predicted octanol–water partition coefficient (Wildman–Crippen LogP) is 2.86. The highest BCUT2D eigenvalue weighted by molar-refractivity contribution is 6.17. The second-order valence-electron chi connectivity index (χ2n) is 1.92. The van der Waals surface area contributed by atoms with Crippen molar-refractivity contribution in [2.24, 2.45) is 0 Å². The quantitative estimate of drug-likeness (QED) is 0.361. The molecule has 0 spiro atoms. The Kier molecular flexibility index (Phi) is 7.68. The molecule has 0 amide bonds. The van der Waals surface area contributed by atoms with Gasteiger partial charge in [0, 0.05) is 5.88 Å². The van der Waals surface area contributed by atoms with Crippen LogP contribution in [0.25, 0.3) is 0 Å². The molecule has 0 heterocycles. The summed E-state index contributed by atoms with van der Waals surface area (Å²) in [5, 5.41) is 8.22. The number of alkyl halides is 1. The van der Waals surface area contributed by atoms with Gasteiger partial charge in [0.1, 0.15) is 0 Å². The molecule has 0 aliphatic heterocycles. The van der Waals surface area contributed by atoms with Gasteiger partial charge >= 0.3 is 0 Å². The van der Waals surface area contributed by atoms with Crippen LogP contribution in [0.3, 0.4) is 0 Å². The number of allylic oxidation sites excluding steroid dienone is 1. The molecule has 0 radical (unpaired) electrons. The molecule has 9 heavy (non-hydrogen) atoms. The molecular formula is C7H13ClO. The fourth-order valence-electron chi connectivity index (χ4n) is 0.608. The molecule has 0 aromatic carbocycles. The largest absolute Gasteiger partial charge is 0.516 e. The average Bonchev–Trinajstić information content (AvgIpc) is 1.89. The normalized spacial score (nSPS) is 10.8. The van der Waals surface area contributed by atoms with Crippen molar-refractivity contribution < 1.29 is 5.11 Å². The molecule has 0 rings (SSSR count). The lowest BCUT2D eigenvalue weighted by Gasteiger charge is -1.91. The topological polar surface area (TPSA) is 20.2 Å². The zero-order valence-electron chi connectivity index (χ0n) is 5.52. The first kappa shape index (κ1) is 8.83. The first-order valence-corrected chi connectivity index (χ1v) is 3.80. The van der Waals surface area contributed by atoms with Crippen LogP contribution in [0.5, 0.6) is 0 Å². The maximum Gasteiger partial charge on any atom is 0.0751 e. The third kappa shape index (κ3) is 7.83. The van der Waals surface area contributed by atoms with Gasteiger partial charge in [-0.1, -0.05) is 12.5 Å². The van der Waals surface area contributed by atoms with Gasteiger partial charge in [0.15, 0.2) is 0 Å². The smallest absolute Gasteiger partial charge is 0.0751 e. The Hall–Kier alpha value is -0.170. The highest BCUT2D eigenvalue weighted by atomic mass is 35.5. The standard InChI is InChI=1S/C7H13ClO/c8-6-4-2-1-3-5-7-9/h5,7,9H,1-4,6H2. The lowest BCUT2D eigenvalue weighted by Crippen LogP contribution is -1.75. The molecule has 54 valence electrons. The van der Waals surface area contributed by atoms with Crippen molar-refractivity contribution in [2.75, 3.05) is 5.88 Å². The van der Waals surface area contributed by atoms with E-state index in [1.54, 1.807) is 6.08 Å².